The molecule has 0 bridgehead atoms. The Kier molecular flexibility index (Phi) is 3.72. The maximum Gasteiger partial charge on any atom is 0.271 e. The molecule has 0 radical (unpaired) electrons. The van der Waals surface area contributed by atoms with Crippen LogP contribution in [0.3, 0.4) is 0 Å². The number of pyridine rings is 1. The van der Waals surface area contributed by atoms with Crippen LogP contribution in [0.25, 0.3) is 0 Å². The normalized spacial score (nSPS) is 10.1. The van der Waals surface area contributed by atoms with Gasteiger partial charge in [-0.3, -0.25) is 4.79 Å². The largest absolute Gasteiger partial charge is 0.274 e. The van der Waals surface area contributed by atoms with Crippen molar-refractivity contribution < 1.29 is 13.6 Å². The summed E-state index contributed by atoms with van der Waals surface area (Å²) in [6, 6.07) is 1.56. The van der Waals surface area contributed by atoms with Gasteiger partial charge in [0.25, 0.3) is 11.7 Å². The summed E-state index contributed by atoms with van der Waals surface area (Å²) in [7, 11) is 0. The Bertz CT molecular complexity index is 459. The molecule has 0 spiro atoms. The van der Waals surface area contributed by atoms with Gasteiger partial charge in [0.2, 0.25) is 0 Å². The molecule has 0 unspecified atom stereocenters. The topological polar surface area (TPSA) is 53.8 Å². The smallest absolute Gasteiger partial charge is 0.271 e. The summed E-state index contributed by atoms with van der Waals surface area (Å²) in [6.07, 6.45) is -1.90. The van der Waals surface area contributed by atoms with E-state index < -0.39 is 22.9 Å². The quantitative estimate of drug-likeness (QED) is 0.788. The summed E-state index contributed by atoms with van der Waals surface area (Å²) >= 11 is 7.96. The SMILES string of the molecule is N#Cc1c(Br)cnc(C(=O)Cl)c1C(F)F. The number of carbonyl (C=O) groups excluding carboxylic acids is 1. The summed E-state index contributed by atoms with van der Waals surface area (Å²) in [5, 5.41) is 7.54. The second-order valence-electron chi connectivity index (χ2n) is 2.43. The second-order valence-corrected chi connectivity index (χ2v) is 3.63. The standard InChI is InChI=1S/C8H2BrClF2N2O/c9-4-2-14-6(7(10)15)5(8(11)12)3(4)1-13/h2,8H. The maximum absolute atomic E-state index is 12.6. The number of halogens is 4. The third-order valence-electron chi connectivity index (χ3n) is 1.59. The maximum atomic E-state index is 12.6. The van der Waals surface area contributed by atoms with E-state index in [2.05, 4.69) is 20.9 Å². The molecule has 1 aromatic rings. The first kappa shape index (κ1) is 12.0. The zero-order chi connectivity index (χ0) is 11.6. The Morgan fingerprint density at radius 2 is 2.27 bits per heavy atom. The fourth-order valence-electron chi connectivity index (χ4n) is 0.985. The molecule has 1 aromatic heterocycles. The van der Waals surface area contributed by atoms with Gasteiger partial charge in [-0.15, -0.1) is 0 Å². The molecule has 0 saturated heterocycles. The van der Waals surface area contributed by atoms with E-state index in [0.29, 0.717) is 0 Å². The Balaban J connectivity index is 3.58. The predicted octanol–water partition coefficient (Wildman–Crippen LogP) is 3.03. The highest BCUT2D eigenvalue weighted by atomic mass is 79.9. The first-order valence-electron chi connectivity index (χ1n) is 3.55. The molecule has 0 saturated carbocycles. The number of aromatic nitrogens is 1. The van der Waals surface area contributed by atoms with Gasteiger partial charge in [0.05, 0.1) is 15.6 Å². The van der Waals surface area contributed by atoms with Crippen molar-refractivity contribution in [2.75, 3.05) is 0 Å². The highest BCUT2D eigenvalue weighted by Gasteiger charge is 2.24. The number of nitrogens with zero attached hydrogens (tertiary/aromatic N) is 2. The lowest BCUT2D eigenvalue weighted by Crippen LogP contribution is -2.05. The van der Waals surface area contributed by atoms with Gasteiger partial charge < -0.3 is 0 Å². The Morgan fingerprint density at radius 1 is 1.67 bits per heavy atom. The molecule has 0 N–H and O–H groups in total. The van der Waals surface area contributed by atoms with Gasteiger partial charge in [-0.1, -0.05) is 0 Å². The first-order chi connectivity index (χ1) is 6.99. The molecule has 1 rings (SSSR count). The monoisotopic (exact) mass is 294 g/mol. The van der Waals surface area contributed by atoms with Crippen LogP contribution in [0.1, 0.15) is 28.0 Å². The number of rotatable bonds is 2. The molecule has 3 nitrogen and oxygen atoms in total. The molecule has 0 aliphatic carbocycles. The number of carbonyl (C=O) groups is 1. The molecule has 0 atom stereocenters. The molecule has 1 heterocycles. The molecule has 0 aliphatic rings. The number of nitriles is 1. The van der Waals surface area contributed by atoms with Crippen molar-refractivity contribution in [1.82, 2.24) is 4.98 Å². The lowest BCUT2D eigenvalue weighted by molar-refractivity contribution is 0.106. The molecule has 15 heavy (non-hydrogen) atoms. The van der Waals surface area contributed by atoms with E-state index in [1.807, 2.05) is 0 Å². The van der Waals surface area contributed by atoms with E-state index in [9.17, 15) is 13.6 Å². The van der Waals surface area contributed by atoms with Gasteiger partial charge in [-0.05, 0) is 27.5 Å². The van der Waals surface area contributed by atoms with Gasteiger partial charge in [0.1, 0.15) is 11.8 Å². The molecule has 0 aliphatic heterocycles. The molecule has 0 amide bonds. The second kappa shape index (κ2) is 4.64. The van der Waals surface area contributed by atoms with E-state index in [1.54, 1.807) is 6.07 Å². The fourth-order valence-corrected chi connectivity index (χ4v) is 1.54. The van der Waals surface area contributed by atoms with Gasteiger partial charge in [-0.25, -0.2) is 13.8 Å². The molecular formula is C8H2BrClF2N2O. The third-order valence-corrected chi connectivity index (χ3v) is 2.37. The predicted molar refractivity (Wildman–Crippen MR) is 51.8 cm³/mol. The zero-order valence-corrected chi connectivity index (χ0v) is 9.31. The highest BCUT2D eigenvalue weighted by Crippen LogP contribution is 2.30. The molecular weight excluding hydrogens is 293 g/mol. The summed E-state index contributed by atoms with van der Waals surface area (Å²) < 4.78 is 25.3. The third kappa shape index (κ3) is 2.30. The number of hydrogen-bond acceptors (Lipinski definition) is 3. The van der Waals surface area contributed by atoms with Crippen molar-refractivity contribution in [3.05, 3.63) is 27.5 Å². The zero-order valence-electron chi connectivity index (χ0n) is 6.97. The molecule has 0 aromatic carbocycles. The van der Waals surface area contributed by atoms with Crippen LogP contribution in [0.2, 0.25) is 0 Å². The highest BCUT2D eigenvalue weighted by molar-refractivity contribution is 9.10. The van der Waals surface area contributed by atoms with E-state index in [1.165, 1.54) is 0 Å². The minimum atomic E-state index is -2.98. The lowest BCUT2D eigenvalue weighted by Gasteiger charge is -2.07. The average Bonchev–Trinajstić information content (AvgIpc) is 2.16. The van der Waals surface area contributed by atoms with Crippen LogP contribution in [0.5, 0.6) is 0 Å². The van der Waals surface area contributed by atoms with Crippen LogP contribution in [0.4, 0.5) is 8.78 Å². The molecule has 7 heteroatoms. The van der Waals surface area contributed by atoms with E-state index >= 15 is 0 Å². The van der Waals surface area contributed by atoms with Crippen molar-refractivity contribution >= 4 is 32.8 Å². The average molecular weight is 295 g/mol. The Labute approximate surface area is 96.8 Å². The van der Waals surface area contributed by atoms with Gasteiger partial charge >= 0.3 is 0 Å². The van der Waals surface area contributed by atoms with Crippen LogP contribution in [0, 0.1) is 11.3 Å². The van der Waals surface area contributed by atoms with Crippen molar-refractivity contribution in [3.8, 4) is 6.07 Å². The van der Waals surface area contributed by atoms with Crippen LogP contribution >= 0.6 is 27.5 Å². The van der Waals surface area contributed by atoms with E-state index in [4.69, 9.17) is 16.9 Å². The summed E-state index contributed by atoms with van der Waals surface area (Å²) in [5.41, 5.74) is -1.66. The first-order valence-corrected chi connectivity index (χ1v) is 4.72. The van der Waals surface area contributed by atoms with Crippen LogP contribution in [-0.4, -0.2) is 10.2 Å². The minimum absolute atomic E-state index is 0.0990. The van der Waals surface area contributed by atoms with E-state index in [0.717, 1.165) is 6.20 Å². The van der Waals surface area contributed by atoms with Crippen molar-refractivity contribution in [2.24, 2.45) is 0 Å². The molecule has 78 valence electrons. The van der Waals surface area contributed by atoms with E-state index in [-0.39, 0.29) is 10.0 Å². The van der Waals surface area contributed by atoms with Crippen LogP contribution < -0.4 is 0 Å². The summed E-state index contributed by atoms with van der Waals surface area (Å²) in [4.78, 5) is 14.2. The number of hydrogen-bond donors (Lipinski definition) is 0. The van der Waals surface area contributed by atoms with Gasteiger partial charge in [0, 0.05) is 6.20 Å². The minimum Gasteiger partial charge on any atom is -0.274 e. The Morgan fingerprint density at radius 3 is 2.67 bits per heavy atom. The van der Waals surface area contributed by atoms with Crippen LogP contribution in [-0.2, 0) is 0 Å². The van der Waals surface area contributed by atoms with Crippen molar-refractivity contribution in [3.63, 3.8) is 0 Å². The van der Waals surface area contributed by atoms with Gasteiger partial charge in [-0.2, -0.15) is 5.26 Å². The number of alkyl halides is 2. The lowest BCUT2D eigenvalue weighted by atomic mass is 10.1. The van der Waals surface area contributed by atoms with Crippen LogP contribution in [0.15, 0.2) is 10.7 Å². The van der Waals surface area contributed by atoms with Crippen molar-refractivity contribution in [1.29, 1.82) is 5.26 Å². The molecule has 0 fully saturated rings. The summed E-state index contributed by atoms with van der Waals surface area (Å²) in [6.45, 7) is 0. The van der Waals surface area contributed by atoms with Crippen molar-refractivity contribution in [2.45, 2.75) is 6.43 Å². The van der Waals surface area contributed by atoms with Gasteiger partial charge in [0.15, 0.2) is 0 Å². The Hall–Kier alpha value is -1.06. The fraction of sp³-hybridized carbons (Fsp3) is 0.125. The summed E-state index contributed by atoms with van der Waals surface area (Å²) in [5.74, 6) is 0.